The Morgan fingerprint density at radius 2 is 2.14 bits per heavy atom. The van der Waals surface area contributed by atoms with Crippen LogP contribution in [0.15, 0.2) is 23.4 Å². The Morgan fingerprint density at radius 1 is 1.33 bits per heavy atom. The first-order valence-electron chi connectivity index (χ1n) is 7.67. The first kappa shape index (κ1) is 14.0. The van der Waals surface area contributed by atoms with Crippen molar-refractivity contribution >= 4 is 11.5 Å². The number of hydrogen-bond acceptors (Lipinski definition) is 4. The molecule has 5 nitrogen and oxygen atoms in total. The van der Waals surface area contributed by atoms with Crippen molar-refractivity contribution in [2.24, 2.45) is 16.8 Å². The van der Waals surface area contributed by atoms with E-state index in [1.54, 1.807) is 7.11 Å². The molecule has 1 heterocycles. The van der Waals surface area contributed by atoms with Gasteiger partial charge in [0.25, 0.3) is 0 Å². The highest BCUT2D eigenvalue weighted by Crippen LogP contribution is 2.40. The van der Waals surface area contributed by atoms with Gasteiger partial charge < -0.3 is 20.6 Å². The van der Waals surface area contributed by atoms with E-state index < -0.39 is 0 Å². The molecule has 1 aromatic rings. The monoisotopic (exact) mass is 289 g/mol. The third-order valence-electron chi connectivity index (χ3n) is 4.91. The van der Waals surface area contributed by atoms with E-state index in [1.807, 2.05) is 18.2 Å². The van der Waals surface area contributed by atoms with Gasteiger partial charge in [-0.3, -0.25) is 0 Å². The Labute approximate surface area is 125 Å². The molecule has 3 rings (SSSR count). The van der Waals surface area contributed by atoms with Gasteiger partial charge in [-0.2, -0.15) is 0 Å². The van der Waals surface area contributed by atoms with Crippen LogP contribution >= 0.6 is 0 Å². The van der Waals surface area contributed by atoms with E-state index in [4.69, 9.17) is 15.7 Å². The van der Waals surface area contributed by atoms with E-state index in [9.17, 15) is 0 Å². The molecular weight excluding hydrogens is 266 g/mol. The number of ether oxygens (including phenoxy) is 1. The molecule has 1 saturated carbocycles. The van der Waals surface area contributed by atoms with Gasteiger partial charge in [0.2, 0.25) is 0 Å². The third-order valence-corrected chi connectivity index (χ3v) is 4.91. The lowest BCUT2D eigenvalue weighted by Crippen LogP contribution is -2.36. The summed E-state index contributed by atoms with van der Waals surface area (Å²) in [6.07, 6.45) is 6.43. The van der Waals surface area contributed by atoms with Crippen molar-refractivity contribution in [2.45, 2.75) is 38.1 Å². The second-order valence-corrected chi connectivity index (χ2v) is 5.96. The minimum atomic E-state index is 0.159. The van der Waals surface area contributed by atoms with Gasteiger partial charge in [-0.25, -0.2) is 0 Å². The van der Waals surface area contributed by atoms with Crippen LogP contribution in [-0.4, -0.2) is 30.7 Å². The van der Waals surface area contributed by atoms with E-state index in [2.05, 4.69) is 10.1 Å². The molecule has 1 aromatic carbocycles. The van der Waals surface area contributed by atoms with Gasteiger partial charge in [0.1, 0.15) is 5.75 Å². The fourth-order valence-electron chi connectivity index (χ4n) is 3.85. The number of hydrogen-bond donors (Lipinski definition) is 2. The van der Waals surface area contributed by atoms with Gasteiger partial charge in [-0.15, -0.1) is 0 Å². The third kappa shape index (κ3) is 2.52. The lowest BCUT2D eigenvalue weighted by Gasteiger charge is -2.34. The molecule has 2 unspecified atom stereocenters. The Balaban J connectivity index is 1.99. The number of anilines is 1. The summed E-state index contributed by atoms with van der Waals surface area (Å²) >= 11 is 0. The number of benzene rings is 1. The zero-order valence-electron chi connectivity index (χ0n) is 12.5. The minimum Gasteiger partial charge on any atom is -0.497 e. The number of amidine groups is 1. The highest BCUT2D eigenvalue weighted by atomic mass is 16.5. The maximum Gasteiger partial charge on any atom is 0.172 e. The zero-order chi connectivity index (χ0) is 14.8. The van der Waals surface area contributed by atoms with Crippen LogP contribution < -0.4 is 15.4 Å². The van der Waals surface area contributed by atoms with Gasteiger partial charge >= 0.3 is 0 Å². The molecular formula is C16H23N3O2. The van der Waals surface area contributed by atoms with Crippen molar-refractivity contribution in [2.75, 3.05) is 18.6 Å². The molecule has 21 heavy (non-hydrogen) atoms. The van der Waals surface area contributed by atoms with Crippen LogP contribution in [0.1, 0.15) is 37.7 Å². The van der Waals surface area contributed by atoms with Crippen LogP contribution in [0.5, 0.6) is 5.75 Å². The van der Waals surface area contributed by atoms with Crippen LogP contribution in [-0.2, 0) is 0 Å². The molecule has 114 valence electrons. The Morgan fingerprint density at radius 3 is 2.90 bits per heavy atom. The van der Waals surface area contributed by atoms with Crippen molar-refractivity contribution in [1.29, 1.82) is 0 Å². The predicted molar refractivity (Wildman–Crippen MR) is 83.2 cm³/mol. The molecule has 3 N–H and O–H groups in total. The number of fused-ring (bicyclic) bond motifs is 1. The van der Waals surface area contributed by atoms with E-state index in [0.717, 1.165) is 29.5 Å². The summed E-state index contributed by atoms with van der Waals surface area (Å²) in [4.78, 5) is 2.43. The molecule has 0 spiro atoms. The zero-order valence-corrected chi connectivity index (χ0v) is 12.5. The maximum atomic E-state index is 9.03. The topological polar surface area (TPSA) is 71.1 Å². The lowest BCUT2D eigenvalue weighted by molar-refractivity contribution is 0.318. The van der Waals surface area contributed by atoms with Crippen LogP contribution in [0.3, 0.4) is 0 Å². The maximum absolute atomic E-state index is 9.03. The average molecular weight is 289 g/mol. The molecule has 1 aliphatic carbocycles. The Hall–Kier alpha value is -1.91. The molecule has 1 aliphatic heterocycles. The Kier molecular flexibility index (Phi) is 3.90. The summed E-state index contributed by atoms with van der Waals surface area (Å²) < 4.78 is 5.35. The van der Waals surface area contributed by atoms with Crippen molar-refractivity contribution in [3.05, 3.63) is 23.8 Å². The smallest absolute Gasteiger partial charge is 0.172 e. The van der Waals surface area contributed by atoms with Crippen LogP contribution in [0, 0.1) is 5.92 Å². The van der Waals surface area contributed by atoms with Gasteiger partial charge in [-0.05, 0) is 37.3 Å². The fraction of sp³-hybridized carbons (Fsp3) is 0.562. The van der Waals surface area contributed by atoms with Gasteiger partial charge in [0, 0.05) is 24.2 Å². The summed E-state index contributed by atoms with van der Waals surface area (Å²) in [7, 11) is 1.66. The Bertz CT molecular complexity index is 544. The second-order valence-electron chi connectivity index (χ2n) is 5.96. The molecule has 5 heteroatoms. The normalized spacial score (nSPS) is 25.8. The molecule has 2 aliphatic rings. The number of nitrogens with zero attached hydrogens (tertiary/aromatic N) is 2. The van der Waals surface area contributed by atoms with Crippen molar-refractivity contribution in [3.8, 4) is 5.75 Å². The molecule has 0 aromatic heterocycles. The van der Waals surface area contributed by atoms with Crippen LogP contribution in [0.25, 0.3) is 0 Å². The quantitative estimate of drug-likeness (QED) is 0.388. The standard InChI is InChI=1S/C16H23N3O2/c1-21-12-6-7-13(16(17)18-20)15(10-12)19-9-8-11-4-2-3-5-14(11)19/h6-7,10-11,14,20H,2-5,8-9H2,1H3,(H2,17,18). The fourth-order valence-corrected chi connectivity index (χ4v) is 3.85. The summed E-state index contributed by atoms with van der Waals surface area (Å²) in [5.41, 5.74) is 7.66. The first-order valence-corrected chi connectivity index (χ1v) is 7.67. The largest absolute Gasteiger partial charge is 0.497 e. The van der Waals surface area contributed by atoms with Crippen molar-refractivity contribution in [3.63, 3.8) is 0 Å². The van der Waals surface area contributed by atoms with Gasteiger partial charge in [0.05, 0.1) is 12.8 Å². The highest BCUT2D eigenvalue weighted by molar-refractivity contribution is 6.02. The minimum absolute atomic E-state index is 0.159. The average Bonchev–Trinajstić information content (AvgIpc) is 2.97. The summed E-state index contributed by atoms with van der Waals surface area (Å²) in [6, 6.07) is 6.31. The molecule has 2 fully saturated rings. The number of nitrogens with two attached hydrogens (primary N) is 1. The number of methoxy groups -OCH3 is 1. The molecule has 2 atom stereocenters. The molecule has 0 amide bonds. The summed E-state index contributed by atoms with van der Waals surface area (Å²) in [6.45, 7) is 1.04. The number of oxime groups is 1. The van der Waals surface area contributed by atoms with E-state index >= 15 is 0 Å². The lowest BCUT2D eigenvalue weighted by atomic mass is 9.85. The molecule has 1 saturated heterocycles. The van der Waals surface area contributed by atoms with Crippen LogP contribution in [0.2, 0.25) is 0 Å². The number of rotatable bonds is 3. The molecule has 0 radical (unpaired) electrons. The predicted octanol–water partition coefficient (Wildman–Crippen LogP) is 2.56. The summed E-state index contributed by atoms with van der Waals surface area (Å²) in [5, 5.41) is 12.2. The van der Waals surface area contributed by atoms with Crippen LogP contribution in [0.4, 0.5) is 5.69 Å². The van der Waals surface area contributed by atoms with Gasteiger partial charge in [-0.1, -0.05) is 18.0 Å². The van der Waals surface area contributed by atoms with Crippen molar-refractivity contribution < 1.29 is 9.94 Å². The van der Waals surface area contributed by atoms with E-state index in [1.165, 1.54) is 32.1 Å². The van der Waals surface area contributed by atoms with E-state index in [-0.39, 0.29) is 5.84 Å². The highest BCUT2D eigenvalue weighted by Gasteiger charge is 2.36. The van der Waals surface area contributed by atoms with E-state index in [0.29, 0.717) is 6.04 Å². The molecule has 0 bridgehead atoms. The SMILES string of the molecule is COc1ccc(/C(N)=N/O)c(N2CCC3CCCCC32)c1. The van der Waals surface area contributed by atoms with Gasteiger partial charge in [0.15, 0.2) is 5.84 Å². The van der Waals surface area contributed by atoms with Crippen molar-refractivity contribution in [1.82, 2.24) is 0 Å². The second kappa shape index (κ2) is 5.84. The summed E-state index contributed by atoms with van der Waals surface area (Å²) in [5.74, 6) is 1.75. The first-order chi connectivity index (χ1) is 10.2.